The van der Waals surface area contributed by atoms with Crippen molar-refractivity contribution in [3.63, 3.8) is 0 Å². The highest BCUT2D eigenvalue weighted by Gasteiger charge is 2.26. The van der Waals surface area contributed by atoms with Crippen LogP contribution in [0.3, 0.4) is 0 Å². The molecule has 0 spiro atoms. The van der Waals surface area contributed by atoms with Crippen LogP contribution in [0.15, 0.2) is 10.6 Å². The van der Waals surface area contributed by atoms with E-state index >= 15 is 0 Å². The van der Waals surface area contributed by atoms with Crippen LogP contribution in [0.1, 0.15) is 18.5 Å². The Morgan fingerprint density at radius 1 is 1.46 bits per heavy atom. The Balaban J connectivity index is 2.08. The number of aromatic nitrogens is 1. The van der Waals surface area contributed by atoms with Crippen LogP contribution in [0.2, 0.25) is 19.6 Å². The minimum absolute atomic E-state index is 0.902. The summed E-state index contributed by atoms with van der Waals surface area (Å²) in [5.74, 6) is 0.902. The van der Waals surface area contributed by atoms with E-state index in [2.05, 4.69) is 30.9 Å². The van der Waals surface area contributed by atoms with Gasteiger partial charge in [-0.25, -0.2) is 0 Å². The van der Waals surface area contributed by atoms with Gasteiger partial charge in [-0.05, 0) is 31.2 Å². The van der Waals surface area contributed by atoms with Gasteiger partial charge in [-0.2, -0.15) is 0 Å². The summed E-state index contributed by atoms with van der Waals surface area (Å²) in [6, 6.07) is 2.17. The summed E-state index contributed by atoms with van der Waals surface area (Å²) in [5, 5.41) is 5.26. The number of rotatable bonds is 3. The van der Waals surface area contributed by atoms with Gasteiger partial charge in [0.1, 0.15) is 13.5 Å². The van der Waals surface area contributed by atoms with Gasteiger partial charge in [0.05, 0.1) is 5.69 Å². The van der Waals surface area contributed by atoms with E-state index in [1.54, 1.807) is 0 Å². The third-order valence-corrected chi connectivity index (χ3v) is 4.21. The fourth-order valence-corrected chi connectivity index (χ4v) is 2.30. The van der Waals surface area contributed by atoms with Gasteiger partial charge in [0.25, 0.3) is 0 Å². The summed E-state index contributed by atoms with van der Waals surface area (Å²) in [6.45, 7) is 6.86. The Bertz CT molecular complexity index is 296. The third-order valence-electron chi connectivity index (χ3n) is 2.49. The molecule has 1 aromatic rings. The second-order valence-electron chi connectivity index (χ2n) is 5.08. The average Bonchev–Trinajstić information content (AvgIpc) is 2.63. The van der Waals surface area contributed by atoms with Crippen LogP contribution in [0, 0.1) is 5.92 Å². The quantitative estimate of drug-likeness (QED) is 0.691. The first-order valence-electron chi connectivity index (χ1n) is 5.02. The van der Waals surface area contributed by atoms with Crippen molar-refractivity contribution >= 4 is 13.5 Å². The molecule has 0 aromatic carbocycles. The lowest BCUT2D eigenvalue weighted by molar-refractivity contribution is 0.432. The van der Waals surface area contributed by atoms with E-state index in [9.17, 15) is 0 Å². The summed E-state index contributed by atoms with van der Waals surface area (Å²) in [6.07, 6.45) is 3.90. The fourth-order valence-electron chi connectivity index (χ4n) is 1.38. The van der Waals surface area contributed by atoms with Crippen LogP contribution in [-0.2, 0) is 6.42 Å². The molecule has 0 saturated heterocycles. The first-order chi connectivity index (χ1) is 6.05. The molecule has 0 atom stereocenters. The lowest BCUT2D eigenvalue weighted by Crippen LogP contribution is -2.36. The molecule has 2 rings (SSSR count). The zero-order chi connectivity index (χ0) is 9.47. The first kappa shape index (κ1) is 9.00. The van der Waals surface area contributed by atoms with E-state index in [4.69, 9.17) is 4.52 Å². The SMILES string of the molecule is C[Si](C)(C)c1cc(CC2CC2)no1. The third kappa shape index (κ3) is 2.21. The first-order valence-corrected chi connectivity index (χ1v) is 8.52. The molecule has 1 saturated carbocycles. The summed E-state index contributed by atoms with van der Waals surface area (Å²) < 4.78 is 5.37. The summed E-state index contributed by atoms with van der Waals surface area (Å²) in [5.41, 5.74) is 1.17. The average molecular weight is 195 g/mol. The van der Waals surface area contributed by atoms with Crippen molar-refractivity contribution in [2.24, 2.45) is 5.92 Å². The van der Waals surface area contributed by atoms with Crippen LogP contribution < -0.4 is 5.38 Å². The monoisotopic (exact) mass is 195 g/mol. The normalized spacial score (nSPS) is 17.8. The van der Waals surface area contributed by atoms with Gasteiger partial charge >= 0.3 is 0 Å². The van der Waals surface area contributed by atoms with Gasteiger partial charge in [-0.1, -0.05) is 24.8 Å². The number of nitrogens with zero attached hydrogens (tertiary/aromatic N) is 1. The van der Waals surface area contributed by atoms with Crippen LogP contribution in [0.25, 0.3) is 0 Å². The zero-order valence-corrected chi connectivity index (χ0v) is 9.63. The van der Waals surface area contributed by atoms with Gasteiger partial charge in [0.2, 0.25) is 0 Å². The molecule has 0 aliphatic heterocycles. The molecule has 1 aliphatic rings. The largest absolute Gasteiger partial charge is 0.366 e. The Labute approximate surface area is 80.3 Å². The molecule has 0 unspecified atom stereocenters. The number of hydrogen-bond acceptors (Lipinski definition) is 2. The van der Waals surface area contributed by atoms with Crippen molar-refractivity contribution in [1.82, 2.24) is 5.16 Å². The minimum atomic E-state index is -1.27. The van der Waals surface area contributed by atoms with E-state index in [1.807, 2.05) is 0 Å². The molecule has 0 bridgehead atoms. The summed E-state index contributed by atoms with van der Waals surface area (Å²) in [4.78, 5) is 0. The lowest BCUT2D eigenvalue weighted by Gasteiger charge is -2.08. The highest BCUT2D eigenvalue weighted by atomic mass is 28.3. The molecule has 2 nitrogen and oxygen atoms in total. The maximum Gasteiger partial charge on any atom is 0.127 e. The van der Waals surface area contributed by atoms with Crippen LogP contribution in [0.4, 0.5) is 0 Å². The van der Waals surface area contributed by atoms with Crippen molar-refractivity contribution in [1.29, 1.82) is 0 Å². The van der Waals surface area contributed by atoms with Crippen LogP contribution in [0.5, 0.6) is 0 Å². The molecule has 1 aliphatic carbocycles. The lowest BCUT2D eigenvalue weighted by atomic mass is 10.2. The minimum Gasteiger partial charge on any atom is -0.366 e. The second-order valence-corrected chi connectivity index (χ2v) is 10.1. The highest BCUT2D eigenvalue weighted by Crippen LogP contribution is 2.31. The summed E-state index contributed by atoms with van der Waals surface area (Å²) in [7, 11) is -1.27. The van der Waals surface area contributed by atoms with Crippen molar-refractivity contribution in [2.75, 3.05) is 0 Å². The van der Waals surface area contributed by atoms with E-state index in [-0.39, 0.29) is 0 Å². The van der Waals surface area contributed by atoms with Gasteiger partial charge < -0.3 is 4.52 Å². The van der Waals surface area contributed by atoms with Crippen LogP contribution >= 0.6 is 0 Å². The van der Waals surface area contributed by atoms with E-state index in [0.717, 1.165) is 17.7 Å². The van der Waals surface area contributed by atoms with Crippen molar-refractivity contribution in [2.45, 2.75) is 38.9 Å². The van der Waals surface area contributed by atoms with Crippen LogP contribution in [-0.4, -0.2) is 13.2 Å². The zero-order valence-electron chi connectivity index (χ0n) is 8.63. The topological polar surface area (TPSA) is 26.0 Å². The molecular formula is C10H17NOSi. The Morgan fingerprint density at radius 2 is 2.15 bits per heavy atom. The second kappa shape index (κ2) is 2.98. The van der Waals surface area contributed by atoms with Gasteiger partial charge in [0, 0.05) is 0 Å². The Hall–Kier alpha value is -0.573. The molecular weight excluding hydrogens is 178 g/mol. The number of hydrogen-bond donors (Lipinski definition) is 0. The van der Waals surface area contributed by atoms with Crippen molar-refractivity contribution < 1.29 is 4.52 Å². The van der Waals surface area contributed by atoms with Gasteiger partial charge in [-0.15, -0.1) is 0 Å². The van der Waals surface area contributed by atoms with Gasteiger partial charge in [-0.3, -0.25) is 0 Å². The maximum absolute atomic E-state index is 5.37. The van der Waals surface area contributed by atoms with E-state index in [1.165, 1.54) is 18.5 Å². The van der Waals surface area contributed by atoms with Gasteiger partial charge in [0.15, 0.2) is 0 Å². The molecule has 1 aromatic heterocycles. The Morgan fingerprint density at radius 3 is 2.62 bits per heavy atom. The molecule has 0 radical (unpaired) electrons. The molecule has 1 fully saturated rings. The fraction of sp³-hybridized carbons (Fsp3) is 0.700. The highest BCUT2D eigenvalue weighted by molar-refractivity contribution is 6.87. The summed E-state index contributed by atoms with van der Waals surface area (Å²) >= 11 is 0. The van der Waals surface area contributed by atoms with Crippen molar-refractivity contribution in [3.05, 3.63) is 11.8 Å². The predicted octanol–water partition coefficient (Wildman–Crippen LogP) is 2.17. The Kier molecular flexibility index (Phi) is 2.06. The smallest absolute Gasteiger partial charge is 0.127 e. The van der Waals surface area contributed by atoms with E-state index in [0.29, 0.717) is 0 Å². The predicted molar refractivity (Wildman–Crippen MR) is 55.9 cm³/mol. The standard InChI is InChI=1S/C10H17NOSi/c1-13(2,3)10-7-9(11-12-10)6-8-4-5-8/h7-8H,4-6H2,1-3H3. The van der Waals surface area contributed by atoms with Crippen molar-refractivity contribution in [3.8, 4) is 0 Å². The molecule has 0 amide bonds. The molecule has 72 valence electrons. The molecule has 13 heavy (non-hydrogen) atoms. The molecule has 3 heteroatoms. The van der Waals surface area contributed by atoms with E-state index < -0.39 is 8.07 Å². The molecule has 0 N–H and O–H groups in total. The maximum atomic E-state index is 5.37. The molecule has 1 heterocycles.